The summed E-state index contributed by atoms with van der Waals surface area (Å²) in [5.74, 6) is 1.33. The number of benzene rings is 1. The maximum Gasteiger partial charge on any atom is 0.243 e. The lowest BCUT2D eigenvalue weighted by Gasteiger charge is -2.16. The zero-order valence-corrected chi connectivity index (χ0v) is 12.5. The number of nitrogens with one attached hydrogen (secondary N) is 1. The normalized spacial score (nSPS) is 13.8. The van der Waals surface area contributed by atoms with Gasteiger partial charge in [0.1, 0.15) is 11.6 Å². The number of nitrogens with zero attached hydrogens (tertiary/aromatic N) is 3. The van der Waals surface area contributed by atoms with Crippen LogP contribution in [-0.2, 0) is 24.1 Å². The average molecular weight is 284 g/mol. The molecule has 1 heterocycles. The van der Waals surface area contributed by atoms with Crippen LogP contribution in [0.5, 0.6) is 0 Å². The van der Waals surface area contributed by atoms with Gasteiger partial charge in [-0.05, 0) is 56.2 Å². The second kappa shape index (κ2) is 5.68. The number of fused-ring (bicyclic) bond motifs is 1. The average Bonchev–Trinajstić information content (AvgIpc) is 2.79. The molecule has 0 saturated heterocycles. The van der Waals surface area contributed by atoms with Gasteiger partial charge in [0.25, 0.3) is 0 Å². The van der Waals surface area contributed by atoms with Crippen LogP contribution in [0.3, 0.4) is 0 Å². The van der Waals surface area contributed by atoms with E-state index in [9.17, 15) is 4.79 Å². The fourth-order valence-electron chi connectivity index (χ4n) is 2.88. The third-order valence-electron chi connectivity index (χ3n) is 4.00. The van der Waals surface area contributed by atoms with Gasteiger partial charge in [0.2, 0.25) is 5.91 Å². The minimum Gasteiger partial charge on any atom is -0.273 e. The summed E-state index contributed by atoms with van der Waals surface area (Å²) in [4.78, 5) is 12.2. The Kier molecular flexibility index (Phi) is 3.73. The van der Waals surface area contributed by atoms with Crippen molar-refractivity contribution >= 4 is 5.91 Å². The van der Waals surface area contributed by atoms with E-state index >= 15 is 0 Å². The molecule has 0 saturated carbocycles. The summed E-state index contributed by atoms with van der Waals surface area (Å²) in [5, 5.41) is 7.86. The molecule has 1 N–H and O–H groups in total. The molecule has 2 aromatic rings. The Morgan fingerprint density at radius 1 is 1.14 bits per heavy atom. The molecule has 110 valence electrons. The quantitative estimate of drug-likeness (QED) is 0.939. The van der Waals surface area contributed by atoms with Gasteiger partial charge in [-0.25, -0.2) is 4.68 Å². The van der Waals surface area contributed by atoms with Crippen LogP contribution in [0.4, 0.5) is 0 Å². The molecule has 5 heteroatoms. The number of hydrogen-bond acceptors (Lipinski definition) is 3. The third-order valence-corrected chi connectivity index (χ3v) is 4.00. The van der Waals surface area contributed by atoms with Crippen LogP contribution in [0.1, 0.15) is 41.2 Å². The molecule has 1 aromatic heterocycles. The molecule has 0 spiro atoms. The first-order chi connectivity index (χ1) is 10.1. The second-order valence-electron chi connectivity index (χ2n) is 5.65. The van der Waals surface area contributed by atoms with Crippen LogP contribution in [0, 0.1) is 13.8 Å². The summed E-state index contributed by atoms with van der Waals surface area (Å²) < 4.78 is 1.63. The molecule has 3 rings (SSSR count). The maximum atomic E-state index is 12.2. The number of aryl methyl sites for hydroxylation is 4. The van der Waals surface area contributed by atoms with Crippen LogP contribution in [0.25, 0.3) is 0 Å². The Balaban J connectivity index is 1.70. The van der Waals surface area contributed by atoms with Gasteiger partial charge in [0.05, 0.1) is 6.42 Å². The first-order valence-electron chi connectivity index (χ1n) is 7.42. The summed E-state index contributed by atoms with van der Waals surface area (Å²) in [6.45, 7) is 3.64. The Morgan fingerprint density at radius 2 is 1.81 bits per heavy atom. The van der Waals surface area contributed by atoms with Gasteiger partial charge in [-0.1, -0.05) is 18.2 Å². The largest absolute Gasteiger partial charge is 0.273 e. The third kappa shape index (κ3) is 2.96. The van der Waals surface area contributed by atoms with E-state index in [0.29, 0.717) is 18.1 Å². The summed E-state index contributed by atoms with van der Waals surface area (Å²) in [6.07, 6.45) is 5.21. The molecule has 1 amide bonds. The van der Waals surface area contributed by atoms with Crippen LogP contribution >= 0.6 is 0 Å². The van der Waals surface area contributed by atoms with E-state index in [2.05, 4.69) is 33.8 Å². The molecule has 5 nitrogen and oxygen atoms in total. The minimum absolute atomic E-state index is 0.0447. The summed E-state index contributed by atoms with van der Waals surface area (Å²) in [6, 6.07) is 6.42. The first kappa shape index (κ1) is 13.8. The predicted molar refractivity (Wildman–Crippen MR) is 80.7 cm³/mol. The lowest BCUT2D eigenvalue weighted by Crippen LogP contribution is -2.26. The van der Waals surface area contributed by atoms with Crippen LogP contribution in [-0.4, -0.2) is 20.8 Å². The molecule has 1 aliphatic rings. The fourth-order valence-corrected chi connectivity index (χ4v) is 2.88. The van der Waals surface area contributed by atoms with Crippen molar-refractivity contribution in [2.75, 3.05) is 5.43 Å². The van der Waals surface area contributed by atoms with Crippen LogP contribution < -0.4 is 5.43 Å². The van der Waals surface area contributed by atoms with Crippen molar-refractivity contribution in [2.45, 2.75) is 46.0 Å². The van der Waals surface area contributed by atoms with E-state index in [-0.39, 0.29) is 5.91 Å². The minimum atomic E-state index is -0.0447. The number of aromatic nitrogens is 3. The van der Waals surface area contributed by atoms with Gasteiger partial charge in [0, 0.05) is 0 Å². The molecule has 0 atom stereocenters. The van der Waals surface area contributed by atoms with E-state index in [0.717, 1.165) is 12.0 Å². The Bertz CT molecular complexity index is 655. The van der Waals surface area contributed by atoms with Crippen molar-refractivity contribution in [1.29, 1.82) is 0 Å². The van der Waals surface area contributed by atoms with Gasteiger partial charge >= 0.3 is 0 Å². The molecular weight excluding hydrogens is 264 g/mol. The molecule has 0 unspecified atom stereocenters. The number of carbonyl (C=O) groups is 1. The van der Waals surface area contributed by atoms with E-state index in [4.69, 9.17) is 0 Å². The molecule has 1 aliphatic carbocycles. The maximum absolute atomic E-state index is 12.2. The second-order valence-corrected chi connectivity index (χ2v) is 5.65. The van der Waals surface area contributed by atoms with Gasteiger partial charge in [0.15, 0.2) is 0 Å². The first-order valence-corrected chi connectivity index (χ1v) is 7.42. The number of hydrogen-bond donors (Lipinski definition) is 1. The van der Waals surface area contributed by atoms with Crippen LogP contribution in [0.15, 0.2) is 18.2 Å². The van der Waals surface area contributed by atoms with Gasteiger partial charge in [-0.15, -0.1) is 10.2 Å². The highest BCUT2D eigenvalue weighted by Crippen LogP contribution is 2.22. The monoisotopic (exact) mass is 284 g/mol. The van der Waals surface area contributed by atoms with Gasteiger partial charge < -0.3 is 0 Å². The Hall–Kier alpha value is -2.17. The highest BCUT2D eigenvalue weighted by molar-refractivity contribution is 5.85. The Labute approximate surface area is 124 Å². The smallest absolute Gasteiger partial charge is 0.243 e. The number of amides is 1. The highest BCUT2D eigenvalue weighted by Gasteiger charge is 2.12. The number of rotatable bonds is 3. The summed E-state index contributed by atoms with van der Waals surface area (Å²) in [7, 11) is 0. The fraction of sp³-hybridized carbons (Fsp3) is 0.438. The summed E-state index contributed by atoms with van der Waals surface area (Å²) >= 11 is 0. The van der Waals surface area contributed by atoms with E-state index in [1.165, 1.54) is 30.4 Å². The molecule has 0 radical (unpaired) electrons. The molecule has 1 aromatic carbocycles. The molecule has 21 heavy (non-hydrogen) atoms. The van der Waals surface area contributed by atoms with E-state index < -0.39 is 0 Å². The van der Waals surface area contributed by atoms with Crippen molar-refractivity contribution in [2.24, 2.45) is 0 Å². The van der Waals surface area contributed by atoms with Crippen molar-refractivity contribution in [3.8, 4) is 0 Å². The molecule has 0 aliphatic heterocycles. The summed E-state index contributed by atoms with van der Waals surface area (Å²) in [5.41, 5.74) is 6.75. The zero-order chi connectivity index (χ0) is 14.8. The van der Waals surface area contributed by atoms with E-state index in [1.54, 1.807) is 4.68 Å². The van der Waals surface area contributed by atoms with Gasteiger partial charge in [-0.3, -0.25) is 10.2 Å². The SMILES string of the molecule is Cc1nnc(C)n1NC(=O)Cc1ccc2c(c1)CCCC2. The van der Waals surface area contributed by atoms with Crippen molar-refractivity contribution in [3.63, 3.8) is 0 Å². The highest BCUT2D eigenvalue weighted by atomic mass is 16.2. The molecule has 0 fully saturated rings. The van der Waals surface area contributed by atoms with Crippen molar-refractivity contribution < 1.29 is 4.79 Å². The Morgan fingerprint density at radius 3 is 2.52 bits per heavy atom. The predicted octanol–water partition coefficient (Wildman–Crippen LogP) is 2.09. The zero-order valence-electron chi connectivity index (χ0n) is 12.5. The van der Waals surface area contributed by atoms with Crippen molar-refractivity contribution in [3.05, 3.63) is 46.5 Å². The molecule has 0 bridgehead atoms. The molecular formula is C16H20N4O. The van der Waals surface area contributed by atoms with E-state index in [1.807, 2.05) is 13.8 Å². The topological polar surface area (TPSA) is 59.8 Å². The lowest BCUT2D eigenvalue weighted by atomic mass is 9.90. The standard InChI is InChI=1S/C16H20N4O/c1-11-17-18-12(2)20(11)19-16(21)10-13-7-8-14-5-3-4-6-15(14)9-13/h7-9H,3-6,10H2,1-2H3,(H,19,21). The van der Waals surface area contributed by atoms with Crippen LogP contribution in [0.2, 0.25) is 0 Å². The van der Waals surface area contributed by atoms with Crippen molar-refractivity contribution in [1.82, 2.24) is 14.9 Å². The lowest BCUT2D eigenvalue weighted by molar-refractivity contribution is -0.116. The number of carbonyl (C=O) groups excluding carboxylic acids is 1. The van der Waals surface area contributed by atoms with Gasteiger partial charge in [-0.2, -0.15) is 0 Å².